The van der Waals surface area contributed by atoms with Crippen molar-refractivity contribution in [3.05, 3.63) is 35.9 Å². The van der Waals surface area contributed by atoms with Gasteiger partial charge in [0.25, 0.3) is 0 Å². The molecule has 1 aromatic rings. The number of hydrogen-bond acceptors (Lipinski definition) is 3. The van der Waals surface area contributed by atoms with Gasteiger partial charge in [-0.3, -0.25) is 0 Å². The third-order valence-corrected chi connectivity index (χ3v) is 1.73. The topological polar surface area (TPSA) is 98.0 Å². The third kappa shape index (κ3) is 5.66. The molecule has 5 nitrogen and oxygen atoms in total. The zero-order valence-electron chi connectivity index (χ0n) is 8.29. The highest BCUT2D eigenvalue weighted by Gasteiger charge is 2.21. The fourth-order valence-electron chi connectivity index (χ4n) is 0.909. The molecular formula is C10H14O5. The van der Waals surface area contributed by atoms with Crippen LogP contribution in [0.15, 0.2) is 30.3 Å². The number of carboxylic acid groups (broad SMARTS) is 2. The Morgan fingerprint density at radius 2 is 1.60 bits per heavy atom. The molecule has 0 heterocycles. The predicted molar refractivity (Wildman–Crippen MR) is 53.5 cm³/mol. The maximum absolute atomic E-state index is 9.35. The van der Waals surface area contributed by atoms with Crippen LogP contribution in [-0.2, 0) is 5.79 Å². The van der Waals surface area contributed by atoms with Crippen LogP contribution in [0.5, 0.6) is 0 Å². The average molecular weight is 214 g/mol. The normalized spacial score (nSPS) is 10.1. The Labute approximate surface area is 87.2 Å². The first-order chi connectivity index (χ1) is 6.90. The van der Waals surface area contributed by atoms with E-state index in [4.69, 9.17) is 15.0 Å². The van der Waals surface area contributed by atoms with Crippen molar-refractivity contribution in [1.29, 1.82) is 0 Å². The van der Waals surface area contributed by atoms with Crippen LogP contribution in [0.1, 0.15) is 18.9 Å². The van der Waals surface area contributed by atoms with Crippen LogP contribution in [0, 0.1) is 0 Å². The summed E-state index contributed by atoms with van der Waals surface area (Å²) in [6.45, 7) is 1.73. The molecule has 0 atom stereocenters. The quantitative estimate of drug-likeness (QED) is 0.558. The Hall–Kier alpha value is -1.59. The highest BCUT2D eigenvalue weighted by Crippen LogP contribution is 2.20. The Kier molecular flexibility index (Phi) is 5.36. The van der Waals surface area contributed by atoms with Crippen LogP contribution in [0.2, 0.25) is 0 Å². The zero-order chi connectivity index (χ0) is 11.9. The minimum atomic E-state index is -1.83. The first-order valence-corrected chi connectivity index (χ1v) is 4.32. The molecule has 0 fully saturated rings. The van der Waals surface area contributed by atoms with Crippen LogP contribution in [0.4, 0.5) is 4.79 Å². The minimum absolute atomic E-state index is 0.303. The second-order valence-corrected chi connectivity index (χ2v) is 2.82. The molecule has 1 rings (SSSR count). The molecule has 1 aromatic carbocycles. The molecule has 0 aliphatic carbocycles. The standard InChI is InChI=1S/C9H12O2.CH2O3/c1-2-9(10,11)8-6-4-3-5-7-8;2-1(3)4/h3-7,10-11H,2H2,1H3;(H2,2,3,4). The van der Waals surface area contributed by atoms with Gasteiger partial charge < -0.3 is 20.4 Å². The Balaban J connectivity index is 0.000000423. The number of carbonyl (C=O) groups is 1. The lowest BCUT2D eigenvalue weighted by Gasteiger charge is -2.19. The first kappa shape index (κ1) is 13.4. The smallest absolute Gasteiger partial charge is 0.450 e. The molecule has 0 saturated carbocycles. The van der Waals surface area contributed by atoms with E-state index in [-0.39, 0.29) is 0 Å². The van der Waals surface area contributed by atoms with Gasteiger partial charge in [0, 0.05) is 12.0 Å². The first-order valence-electron chi connectivity index (χ1n) is 4.32. The van der Waals surface area contributed by atoms with Crippen molar-refractivity contribution in [3.8, 4) is 0 Å². The van der Waals surface area contributed by atoms with E-state index in [2.05, 4.69) is 0 Å². The van der Waals surface area contributed by atoms with Gasteiger partial charge >= 0.3 is 6.16 Å². The van der Waals surface area contributed by atoms with Crippen molar-refractivity contribution in [2.75, 3.05) is 0 Å². The van der Waals surface area contributed by atoms with Gasteiger partial charge in [0.05, 0.1) is 0 Å². The largest absolute Gasteiger partial charge is 0.503 e. The monoisotopic (exact) mass is 214 g/mol. The highest BCUT2D eigenvalue weighted by molar-refractivity contribution is 5.53. The molecule has 15 heavy (non-hydrogen) atoms. The fourth-order valence-corrected chi connectivity index (χ4v) is 0.909. The van der Waals surface area contributed by atoms with Crippen molar-refractivity contribution in [3.63, 3.8) is 0 Å². The maximum atomic E-state index is 9.35. The number of benzene rings is 1. The summed E-state index contributed by atoms with van der Waals surface area (Å²) in [5, 5.41) is 32.6. The van der Waals surface area contributed by atoms with E-state index in [0.29, 0.717) is 12.0 Å². The summed E-state index contributed by atoms with van der Waals surface area (Å²) in [6, 6.07) is 8.81. The van der Waals surface area contributed by atoms with Crippen LogP contribution in [0.3, 0.4) is 0 Å². The van der Waals surface area contributed by atoms with Crippen molar-refractivity contribution in [2.45, 2.75) is 19.1 Å². The summed E-state index contributed by atoms with van der Waals surface area (Å²) < 4.78 is 0. The third-order valence-electron chi connectivity index (χ3n) is 1.73. The number of hydrogen-bond donors (Lipinski definition) is 4. The summed E-state index contributed by atoms with van der Waals surface area (Å²) in [4.78, 5) is 8.56. The molecule has 0 amide bonds. The van der Waals surface area contributed by atoms with Gasteiger partial charge in [-0.15, -0.1) is 0 Å². The van der Waals surface area contributed by atoms with Crippen molar-refractivity contribution in [1.82, 2.24) is 0 Å². The van der Waals surface area contributed by atoms with E-state index in [1.54, 1.807) is 31.2 Å². The van der Waals surface area contributed by atoms with E-state index >= 15 is 0 Å². The predicted octanol–water partition coefficient (Wildman–Crippen LogP) is 1.46. The number of aliphatic hydroxyl groups is 2. The molecule has 0 radical (unpaired) electrons. The van der Waals surface area contributed by atoms with Gasteiger partial charge in [-0.05, 0) is 0 Å². The summed E-state index contributed by atoms with van der Waals surface area (Å²) in [5.41, 5.74) is 0.544. The number of rotatable bonds is 2. The Morgan fingerprint density at radius 1 is 1.20 bits per heavy atom. The Bertz CT molecular complexity index is 290. The molecule has 0 saturated heterocycles. The van der Waals surface area contributed by atoms with Gasteiger partial charge in [-0.1, -0.05) is 37.3 Å². The van der Waals surface area contributed by atoms with Crippen molar-refractivity contribution >= 4 is 6.16 Å². The molecular weight excluding hydrogens is 200 g/mol. The Morgan fingerprint density at radius 3 is 1.93 bits per heavy atom. The molecule has 0 unspecified atom stereocenters. The summed E-state index contributed by atoms with van der Waals surface area (Å²) in [6.07, 6.45) is -1.53. The van der Waals surface area contributed by atoms with E-state index in [1.165, 1.54) is 0 Å². The minimum Gasteiger partial charge on any atom is -0.450 e. The van der Waals surface area contributed by atoms with Crippen molar-refractivity contribution in [2.24, 2.45) is 0 Å². The van der Waals surface area contributed by atoms with E-state index in [0.717, 1.165) is 0 Å². The lowest BCUT2D eigenvalue weighted by atomic mass is 10.0. The van der Waals surface area contributed by atoms with Crippen LogP contribution < -0.4 is 0 Å². The van der Waals surface area contributed by atoms with Gasteiger partial charge in [0.1, 0.15) is 0 Å². The highest BCUT2D eigenvalue weighted by atomic mass is 16.6. The second kappa shape index (κ2) is 6.00. The summed E-state index contributed by atoms with van der Waals surface area (Å²) in [5.74, 6) is -1.67. The second-order valence-electron chi connectivity index (χ2n) is 2.82. The maximum Gasteiger partial charge on any atom is 0.503 e. The molecule has 0 aliphatic rings. The fraction of sp³-hybridized carbons (Fsp3) is 0.300. The average Bonchev–Trinajstić information content (AvgIpc) is 2.18. The lowest BCUT2D eigenvalue weighted by molar-refractivity contribution is -0.171. The lowest BCUT2D eigenvalue weighted by Crippen LogP contribution is -2.23. The van der Waals surface area contributed by atoms with Gasteiger partial charge in [-0.2, -0.15) is 0 Å². The molecule has 5 heteroatoms. The van der Waals surface area contributed by atoms with E-state index < -0.39 is 11.9 Å². The van der Waals surface area contributed by atoms with Crippen molar-refractivity contribution < 1.29 is 25.2 Å². The van der Waals surface area contributed by atoms with Gasteiger partial charge in [0.2, 0.25) is 0 Å². The molecule has 4 N–H and O–H groups in total. The zero-order valence-corrected chi connectivity index (χ0v) is 8.29. The molecule has 0 spiro atoms. The van der Waals surface area contributed by atoms with E-state index in [9.17, 15) is 10.2 Å². The molecule has 0 aliphatic heterocycles. The molecule has 84 valence electrons. The van der Waals surface area contributed by atoms with Crippen LogP contribution in [0.25, 0.3) is 0 Å². The van der Waals surface area contributed by atoms with E-state index in [1.807, 2.05) is 6.07 Å². The summed E-state index contributed by atoms with van der Waals surface area (Å²) in [7, 11) is 0. The van der Waals surface area contributed by atoms with Gasteiger partial charge in [0.15, 0.2) is 5.79 Å². The SMILES string of the molecule is CCC(O)(O)c1ccccc1.O=C(O)O. The summed E-state index contributed by atoms with van der Waals surface area (Å²) >= 11 is 0. The molecule has 0 aromatic heterocycles. The molecule has 0 bridgehead atoms. The van der Waals surface area contributed by atoms with Crippen LogP contribution >= 0.6 is 0 Å². The van der Waals surface area contributed by atoms with Gasteiger partial charge in [-0.25, -0.2) is 4.79 Å². The van der Waals surface area contributed by atoms with Crippen LogP contribution in [-0.4, -0.2) is 26.6 Å².